The molecule has 0 saturated carbocycles. The van der Waals surface area contributed by atoms with Crippen molar-refractivity contribution in [2.45, 2.75) is 4.90 Å². The van der Waals surface area contributed by atoms with Crippen LogP contribution >= 0.6 is 0 Å². The lowest BCUT2D eigenvalue weighted by atomic mass is 10.0. The summed E-state index contributed by atoms with van der Waals surface area (Å²) in [6.07, 6.45) is 1.93. The predicted octanol–water partition coefficient (Wildman–Crippen LogP) is 3.32. The Hall–Kier alpha value is -3.16. The summed E-state index contributed by atoms with van der Waals surface area (Å²) in [5.74, 6) is 0.765. The first-order valence-corrected chi connectivity index (χ1v) is 9.77. The van der Waals surface area contributed by atoms with Crippen LogP contribution in [0.4, 0.5) is 0 Å². The first-order chi connectivity index (χ1) is 13.0. The Bertz CT molecular complexity index is 1210. The summed E-state index contributed by atoms with van der Waals surface area (Å²) in [7, 11) is -2.11. The Kier molecular flexibility index (Phi) is 4.18. The van der Waals surface area contributed by atoms with Gasteiger partial charge in [0.1, 0.15) is 11.4 Å². The number of hydrogen-bond donors (Lipinski definition) is 1. The van der Waals surface area contributed by atoms with E-state index in [0.717, 1.165) is 33.9 Å². The zero-order chi connectivity index (χ0) is 19.0. The van der Waals surface area contributed by atoms with Crippen molar-refractivity contribution in [1.82, 2.24) is 9.38 Å². The van der Waals surface area contributed by atoms with Crippen molar-refractivity contribution in [3.8, 4) is 28.3 Å². The largest absolute Gasteiger partial charge is 0.497 e. The van der Waals surface area contributed by atoms with Crippen LogP contribution in [0.3, 0.4) is 0 Å². The fourth-order valence-corrected chi connectivity index (χ4v) is 3.54. The van der Waals surface area contributed by atoms with Crippen molar-refractivity contribution in [2.24, 2.45) is 5.14 Å². The molecule has 0 radical (unpaired) electrons. The Morgan fingerprint density at radius 1 is 0.926 bits per heavy atom. The molecule has 2 aromatic carbocycles. The Labute approximate surface area is 156 Å². The van der Waals surface area contributed by atoms with Crippen LogP contribution in [0.5, 0.6) is 5.75 Å². The number of aromatic nitrogens is 2. The summed E-state index contributed by atoms with van der Waals surface area (Å²) in [6, 6.07) is 19.9. The van der Waals surface area contributed by atoms with Gasteiger partial charge >= 0.3 is 0 Å². The molecule has 0 fully saturated rings. The van der Waals surface area contributed by atoms with Gasteiger partial charge in [0.25, 0.3) is 0 Å². The van der Waals surface area contributed by atoms with Crippen LogP contribution in [-0.2, 0) is 10.0 Å². The van der Waals surface area contributed by atoms with Gasteiger partial charge in [-0.15, -0.1) is 0 Å². The van der Waals surface area contributed by atoms with Crippen LogP contribution in [0, 0.1) is 0 Å². The quantitative estimate of drug-likeness (QED) is 0.589. The summed E-state index contributed by atoms with van der Waals surface area (Å²) in [4.78, 5) is 4.84. The SMILES string of the molecule is COc1ccc(-c2nc3ccccn3c2-c2ccc(S(N)(=O)=O)cc2)cc1. The molecule has 4 rings (SSSR count). The van der Waals surface area contributed by atoms with E-state index in [1.165, 1.54) is 12.1 Å². The number of primary sulfonamides is 1. The number of fused-ring (bicyclic) bond motifs is 1. The molecule has 136 valence electrons. The number of sulfonamides is 1. The first kappa shape index (κ1) is 17.3. The van der Waals surface area contributed by atoms with Crippen LogP contribution in [0.15, 0.2) is 77.8 Å². The molecule has 0 saturated heterocycles. The first-order valence-electron chi connectivity index (χ1n) is 8.22. The number of hydrogen-bond acceptors (Lipinski definition) is 4. The summed E-state index contributed by atoms with van der Waals surface area (Å²) in [5.41, 5.74) is 4.25. The highest BCUT2D eigenvalue weighted by Gasteiger charge is 2.17. The van der Waals surface area contributed by atoms with E-state index >= 15 is 0 Å². The molecule has 7 heteroatoms. The van der Waals surface area contributed by atoms with Crippen LogP contribution in [-0.4, -0.2) is 24.9 Å². The van der Waals surface area contributed by atoms with Crippen molar-refractivity contribution in [1.29, 1.82) is 0 Å². The second-order valence-corrected chi connectivity index (χ2v) is 7.60. The third-order valence-corrected chi connectivity index (χ3v) is 5.28. The van der Waals surface area contributed by atoms with Crippen LogP contribution in [0.1, 0.15) is 0 Å². The van der Waals surface area contributed by atoms with Gasteiger partial charge in [0.15, 0.2) is 0 Å². The van der Waals surface area contributed by atoms with E-state index in [9.17, 15) is 8.42 Å². The van der Waals surface area contributed by atoms with Gasteiger partial charge in [-0.3, -0.25) is 4.40 Å². The van der Waals surface area contributed by atoms with E-state index in [4.69, 9.17) is 14.9 Å². The molecule has 2 aromatic heterocycles. The van der Waals surface area contributed by atoms with E-state index in [1.54, 1.807) is 19.2 Å². The van der Waals surface area contributed by atoms with Gasteiger partial charge < -0.3 is 4.74 Å². The zero-order valence-electron chi connectivity index (χ0n) is 14.5. The van der Waals surface area contributed by atoms with E-state index in [1.807, 2.05) is 53.1 Å². The molecule has 27 heavy (non-hydrogen) atoms. The van der Waals surface area contributed by atoms with Crippen molar-refractivity contribution >= 4 is 15.7 Å². The minimum atomic E-state index is -3.74. The predicted molar refractivity (Wildman–Crippen MR) is 104 cm³/mol. The average molecular weight is 379 g/mol. The standard InChI is InChI=1S/C20H17N3O3S/c1-26-16-9-5-14(6-10-16)19-20(23-13-3-2-4-18(23)22-19)15-7-11-17(12-8-15)27(21,24)25/h2-13H,1H3,(H2,21,24,25). The molecule has 0 aliphatic rings. The second kappa shape index (κ2) is 6.53. The smallest absolute Gasteiger partial charge is 0.238 e. The Morgan fingerprint density at radius 3 is 2.22 bits per heavy atom. The molecule has 0 amide bonds. The third kappa shape index (κ3) is 3.18. The van der Waals surface area contributed by atoms with Gasteiger partial charge in [0, 0.05) is 17.3 Å². The number of rotatable bonds is 4. The molecule has 0 aliphatic carbocycles. The highest BCUT2D eigenvalue weighted by Crippen LogP contribution is 2.33. The molecule has 0 spiro atoms. The molecule has 0 unspecified atom stereocenters. The number of imidazole rings is 1. The van der Waals surface area contributed by atoms with Crippen LogP contribution in [0.25, 0.3) is 28.2 Å². The normalized spacial score (nSPS) is 11.6. The zero-order valence-corrected chi connectivity index (χ0v) is 15.3. The van der Waals surface area contributed by atoms with Crippen molar-refractivity contribution < 1.29 is 13.2 Å². The minimum Gasteiger partial charge on any atom is -0.497 e. The highest BCUT2D eigenvalue weighted by molar-refractivity contribution is 7.89. The van der Waals surface area contributed by atoms with Gasteiger partial charge in [-0.25, -0.2) is 18.5 Å². The number of nitrogens with zero attached hydrogens (tertiary/aromatic N) is 2. The summed E-state index contributed by atoms with van der Waals surface area (Å²) >= 11 is 0. The van der Waals surface area contributed by atoms with Gasteiger partial charge in [-0.1, -0.05) is 18.2 Å². The fraction of sp³-hybridized carbons (Fsp3) is 0.0500. The highest BCUT2D eigenvalue weighted by atomic mass is 32.2. The van der Waals surface area contributed by atoms with Crippen molar-refractivity contribution in [3.63, 3.8) is 0 Å². The molecule has 6 nitrogen and oxygen atoms in total. The van der Waals surface area contributed by atoms with Crippen LogP contribution < -0.4 is 9.88 Å². The van der Waals surface area contributed by atoms with Gasteiger partial charge in [0.2, 0.25) is 10.0 Å². The maximum absolute atomic E-state index is 11.5. The number of nitrogens with two attached hydrogens (primary N) is 1. The summed E-state index contributed by atoms with van der Waals surface area (Å²) in [5, 5.41) is 5.21. The molecule has 0 bridgehead atoms. The summed E-state index contributed by atoms with van der Waals surface area (Å²) in [6.45, 7) is 0. The topological polar surface area (TPSA) is 86.7 Å². The summed E-state index contributed by atoms with van der Waals surface area (Å²) < 4.78 is 30.3. The van der Waals surface area contributed by atoms with Crippen LogP contribution in [0.2, 0.25) is 0 Å². The average Bonchev–Trinajstić information content (AvgIpc) is 3.07. The second-order valence-electron chi connectivity index (χ2n) is 6.04. The molecular formula is C20H17N3O3S. The molecular weight excluding hydrogens is 362 g/mol. The lowest BCUT2D eigenvalue weighted by molar-refractivity contribution is 0.415. The fourth-order valence-electron chi connectivity index (χ4n) is 3.02. The van der Waals surface area contributed by atoms with Gasteiger partial charge in [-0.05, 0) is 48.5 Å². The maximum Gasteiger partial charge on any atom is 0.238 e. The third-order valence-electron chi connectivity index (χ3n) is 4.35. The van der Waals surface area contributed by atoms with Crippen molar-refractivity contribution in [3.05, 3.63) is 72.9 Å². The minimum absolute atomic E-state index is 0.0751. The Balaban J connectivity index is 1.93. The maximum atomic E-state index is 11.5. The molecule has 0 atom stereocenters. The molecule has 2 N–H and O–H groups in total. The van der Waals surface area contributed by atoms with E-state index in [2.05, 4.69) is 0 Å². The van der Waals surface area contributed by atoms with E-state index < -0.39 is 10.0 Å². The van der Waals surface area contributed by atoms with Gasteiger partial charge in [-0.2, -0.15) is 0 Å². The van der Waals surface area contributed by atoms with Crippen molar-refractivity contribution in [2.75, 3.05) is 7.11 Å². The monoisotopic (exact) mass is 379 g/mol. The number of pyridine rings is 1. The van der Waals surface area contributed by atoms with Gasteiger partial charge in [0.05, 0.1) is 23.4 Å². The Morgan fingerprint density at radius 2 is 1.59 bits per heavy atom. The molecule has 2 heterocycles. The van der Waals surface area contributed by atoms with E-state index in [0.29, 0.717) is 0 Å². The molecule has 4 aromatic rings. The lowest BCUT2D eigenvalue weighted by Gasteiger charge is -2.07. The van der Waals surface area contributed by atoms with E-state index in [-0.39, 0.29) is 4.90 Å². The number of ether oxygens (including phenoxy) is 1. The number of benzene rings is 2. The molecule has 0 aliphatic heterocycles. The number of methoxy groups -OCH3 is 1. The lowest BCUT2D eigenvalue weighted by Crippen LogP contribution is -2.11.